The van der Waals surface area contributed by atoms with Crippen LogP contribution >= 0.6 is 0 Å². The van der Waals surface area contributed by atoms with E-state index in [-0.39, 0.29) is 13.2 Å². The van der Waals surface area contributed by atoms with Gasteiger partial charge in [-0.2, -0.15) is 0 Å². The number of para-hydroxylation sites is 1. The van der Waals surface area contributed by atoms with E-state index < -0.39 is 0 Å². The molecule has 0 radical (unpaired) electrons. The van der Waals surface area contributed by atoms with Crippen LogP contribution < -0.4 is 9.47 Å². The number of hydrogen-bond acceptors (Lipinski definition) is 3. The molecule has 1 N–H and O–H groups in total. The summed E-state index contributed by atoms with van der Waals surface area (Å²) in [7, 11) is 1.60. The predicted octanol–water partition coefficient (Wildman–Crippen LogP) is 1.79. The smallest absolute Gasteiger partial charge is 0.164 e. The molecule has 3 nitrogen and oxygen atoms in total. The van der Waals surface area contributed by atoms with Crippen LogP contribution in [0.4, 0.5) is 0 Å². The van der Waals surface area contributed by atoms with Gasteiger partial charge in [-0.25, -0.2) is 0 Å². The Morgan fingerprint density at radius 1 is 1.47 bits per heavy atom. The molecule has 0 fully saturated rings. The molecule has 0 aliphatic heterocycles. The highest BCUT2D eigenvalue weighted by molar-refractivity contribution is 5.47. The molecule has 1 rings (SSSR count). The minimum absolute atomic E-state index is 0.00836. The molecule has 0 aromatic heterocycles. The second kappa shape index (κ2) is 6.09. The molecule has 0 unspecified atom stereocenters. The second-order valence-corrected chi connectivity index (χ2v) is 3.01. The fourth-order valence-corrected chi connectivity index (χ4v) is 1.35. The van der Waals surface area contributed by atoms with Crippen LogP contribution in [-0.4, -0.2) is 25.4 Å². The first-order chi connectivity index (χ1) is 7.33. The van der Waals surface area contributed by atoms with Gasteiger partial charge in [-0.3, -0.25) is 0 Å². The number of hydrogen-bond donors (Lipinski definition) is 1. The van der Waals surface area contributed by atoms with Crippen molar-refractivity contribution in [2.75, 3.05) is 20.3 Å². The van der Waals surface area contributed by atoms with Crippen LogP contribution in [0, 0.1) is 0 Å². The minimum atomic E-state index is -0.00836. The van der Waals surface area contributed by atoms with E-state index in [9.17, 15) is 0 Å². The van der Waals surface area contributed by atoms with Gasteiger partial charge in [-0.05, 0) is 12.5 Å². The van der Waals surface area contributed by atoms with Gasteiger partial charge in [0.2, 0.25) is 0 Å². The highest BCUT2D eigenvalue weighted by Crippen LogP contribution is 2.31. The summed E-state index contributed by atoms with van der Waals surface area (Å²) in [6, 6.07) is 5.69. The van der Waals surface area contributed by atoms with Crippen molar-refractivity contribution in [3.63, 3.8) is 0 Å². The first-order valence-corrected chi connectivity index (χ1v) is 4.84. The lowest BCUT2D eigenvalue weighted by atomic mass is 10.1. The molecule has 82 valence electrons. The fraction of sp³-hybridized carbons (Fsp3) is 0.333. The molecule has 15 heavy (non-hydrogen) atoms. The van der Waals surface area contributed by atoms with Gasteiger partial charge in [-0.15, -0.1) is 6.58 Å². The van der Waals surface area contributed by atoms with Gasteiger partial charge in [-0.1, -0.05) is 18.2 Å². The Morgan fingerprint density at radius 3 is 2.87 bits per heavy atom. The van der Waals surface area contributed by atoms with E-state index >= 15 is 0 Å². The van der Waals surface area contributed by atoms with E-state index in [4.69, 9.17) is 14.6 Å². The Hall–Kier alpha value is -1.48. The van der Waals surface area contributed by atoms with Crippen LogP contribution in [-0.2, 0) is 6.42 Å². The Bertz CT molecular complexity index is 321. The van der Waals surface area contributed by atoms with Crippen LogP contribution in [0.3, 0.4) is 0 Å². The third-order valence-corrected chi connectivity index (χ3v) is 1.98. The number of allylic oxidation sites excluding steroid dienone is 1. The van der Waals surface area contributed by atoms with Gasteiger partial charge in [0.15, 0.2) is 11.5 Å². The largest absolute Gasteiger partial charge is 0.493 e. The Balaban J connectivity index is 2.96. The van der Waals surface area contributed by atoms with Crippen LogP contribution in [0.25, 0.3) is 0 Å². The summed E-state index contributed by atoms with van der Waals surface area (Å²) in [5.74, 6) is 1.37. The lowest BCUT2D eigenvalue weighted by Crippen LogP contribution is -2.05. The Morgan fingerprint density at radius 2 is 2.27 bits per heavy atom. The first kappa shape index (κ1) is 11.6. The molecule has 0 amide bonds. The van der Waals surface area contributed by atoms with Crippen molar-refractivity contribution in [1.82, 2.24) is 0 Å². The van der Waals surface area contributed by atoms with E-state index in [1.54, 1.807) is 13.2 Å². The zero-order valence-corrected chi connectivity index (χ0v) is 8.90. The van der Waals surface area contributed by atoms with Crippen molar-refractivity contribution in [1.29, 1.82) is 0 Å². The molecular weight excluding hydrogens is 192 g/mol. The molecular formula is C12H16O3. The molecule has 0 saturated carbocycles. The molecule has 0 bridgehead atoms. The molecule has 0 heterocycles. The molecule has 3 heteroatoms. The van der Waals surface area contributed by atoms with Gasteiger partial charge >= 0.3 is 0 Å². The van der Waals surface area contributed by atoms with Crippen LogP contribution in [0.1, 0.15) is 5.56 Å². The lowest BCUT2D eigenvalue weighted by molar-refractivity contribution is 0.195. The lowest BCUT2D eigenvalue weighted by Gasteiger charge is -2.13. The topological polar surface area (TPSA) is 38.7 Å². The minimum Gasteiger partial charge on any atom is -0.493 e. The summed E-state index contributed by atoms with van der Waals surface area (Å²) in [6.07, 6.45) is 2.53. The predicted molar refractivity (Wildman–Crippen MR) is 59.5 cm³/mol. The SMILES string of the molecule is C=CCc1cccc(OC)c1OCCO. The van der Waals surface area contributed by atoms with Crippen LogP contribution in [0.5, 0.6) is 11.5 Å². The monoisotopic (exact) mass is 208 g/mol. The van der Waals surface area contributed by atoms with E-state index in [1.165, 1.54) is 0 Å². The number of methoxy groups -OCH3 is 1. The Kier molecular flexibility index (Phi) is 4.71. The van der Waals surface area contributed by atoms with Gasteiger partial charge in [0, 0.05) is 5.56 Å². The third-order valence-electron chi connectivity index (χ3n) is 1.98. The highest BCUT2D eigenvalue weighted by atomic mass is 16.5. The maximum absolute atomic E-state index is 8.73. The average molecular weight is 208 g/mol. The van der Waals surface area contributed by atoms with Gasteiger partial charge in [0.25, 0.3) is 0 Å². The summed E-state index contributed by atoms with van der Waals surface area (Å²) >= 11 is 0. The number of aliphatic hydroxyl groups is 1. The Labute approximate surface area is 90.0 Å². The maximum atomic E-state index is 8.73. The summed E-state index contributed by atoms with van der Waals surface area (Å²) in [4.78, 5) is 0. The van der Waals surface area contributed by atoms with Crippen molar-refractivity contribution < 1.29 is 14.6 Å². The first-order valence-electron chi connectivity index (χ1n) is 4.84. The van der Waals surface area contributed by atoms with Crippen molar-refractivity contribution in [3.8, 4) is 11.5 Å². The van der Waals surface area contributed by atoms with E-state index in [2.05, 4.69) is 6.58 Å². The molecule has 1 aromatic rings. The van der Waals surface area contributed by atoms with Gasteiger partial charge < -0.3 is 14.6 Å². The van der Waals surface area contributed by atoms with Crippen LogP contribution in [0.15, 0.2) is 30.9 Å². The van der Waals surface area contributed by atoms with Gasteiger partial charge in [0.05, 0.1) is 13.7 Å². The second-order valence-electron chi connectivity index (χ2n) is 3.01. The van der Waals surface area contributed by atoms with E-state index in [1.807, 2.05) is 18.2 Å². The zero-order valence-electron chi connectivity index (χ0n) is 8.90. The third kappa shape index (κ3) is 2.99. The number of benzene rings is 1. The quantitative estimate of drug-likeness (QED) is 0.724. The summed E-state index contributed by atoms with van der Waals surface area (Å²) in [6.45, 7) is 3.95. The molecule has 0 spiro atoms. The zero-order chi connectivity index (χ0) is 11.1. The molecule has 0 atom stereocenters. The maximum Gasteiger partial charge on any atom is 0.164 e. The molecule has 1 aromatic carbocycles. The summed E-state index contributed by atoms with van der Waals surface area (Å²) < 4.78 is 10.6. The fourth-order valence-electron chi connectivity index (χ4n) is 1.35. The molecule has 0 aliphatic rings. The van der Waals surface area contributed by atoms with Crippen molar-refractivity contribution in [3.05, 3.63) is 36.4 Å². The molecule has 0 saturated heterocycles. The van der Waals surface area contributed by atoms with Crippen molar-refractivity contribution >= 4 is 0 Å². The van der Waals surface area contributed by atoms with Crippen molar-refractivity contribution in [2.45, 2.75) is 6.42 Å². The highest BCUT2D eigenvalue weighted by Gasteiger charge is 2.08. The van der Waals surface area contributed by atoms with Crippen LogP contribution in [0.2, 0.25) is 0 Å². The summed E-state index contributed by atoms with van der Waals surface area (Å²) in [5, 5.41) is 8.73. The number of ether oxygens (including phenoxy) is 2. The van der Waals surface area contributed by atoms with E-state index in [0.717, 1.165) is 12.0 Å². The number of aliphatic hydroxyl groups excluding tert-OH is 1. The van der Waals surface area contributed by atoms with Gasteiger partial charge in [0.1, 0.15) is 6.61 Å². The van der Waals surface area contributed by atoms with E-state index in [0.29, 0.717) is 11.5 Å². The normalized spacial score (nSPS) is 9.73. The van der Waals surface area contributed by atoms with Crippen molar-refractivity contribution in [2.24, 2.45) is 0 Å². The summed E-state index contributed by atoms with van der Waals surface area (Å²) in [5.41, 5.74) is 1.01. The average Bonchev–Trinajstić information content (AvgIpc) is 2.27. The standard InChI is InChI=1S/C12H16O3/c1-3-5-10-6-4-7-11(14-2)12(10)15-9-8-13/h3-4,6-7,13H,1,5,8-9H2,2H3. The molecule has 0 aliphatic carbocycles. The number of rotatable bonds is 6.